The van der Waals surface area contributed by atoms with Crippen LogP contribution in [-0.2, 0) is 4.79 Å². The average Bonchev–Trinajstić information content (AvgIpc) is 2.37. The number of hydrogen-bond donors (Lipinski definition) is 3. The normalized spacial score (nSPS) is 30.6. The highest BCUT2D eigenvalue weighted by Gasteiger charge is 2.27. The maximum atomic E-state index is 10.4. The Morgan fingerprint density at radius 2 is 2.27 bits per heavy atom. The molecular formula is C7H13NO3. The van der Waals surface area contributed by atoms with Gasteiger partial charge in [-0.3, -0.25) is 4.79 Å². The van der Waals surface area contributed by atoms with Gasteiger partial charge in [0.25, 0.3) is 0 Å². The fourth-order valence-corrected chi connectivity index (χ4v) is 1.40. The molecule has 1 saturated heterocycles. The predicted octanol–water partition coefficient (Wildman–Crippen LogP) is -0.426. The van der Waals surface area contributed by atoms with E-state index >= 15 is 0 Å². The van der Waals surface area contributed by atoms with Crippen LogP contribution in [0.15, 0.2) is 0 Å². The molecule has 4 heteroatoms. The van der Waals surface area contributed by atoms with Crippen LogP contribution in [-0.4, -0.2) is 34.9 Å². The number of carboxylic acids is 1. The quantitative estimate of drug-likeness (QED) is 0.523. The summed E-state index contributed by atoms with van der Waals surface area (Å²) in [6, 6.07) is -0.201. The van der Waals surface area contributed by atoms with Crippen LogP contribution in [0, 0.1) is 0 Å². The third-order valence-electron chi connectivity index (χ3n) is 2.02. The third-order valence-corrected chi connectivity index (χ3v) is 2.02. The second kappa shape index (κ2) is 3.69. The van der Waals surface area contributed by atoms with Crippen molar-refractivity contribution in [3.63, 3.8) is 0 Å². The van der Waals surface area contributed by atoms with E-state index in [1.54, 1.807) is 0 Å². The Kier molecular flexibility index (Phi) is 2.84. The van der Waals surface area contributed by atoms with E-state index in [4.69, 9.17) is 10.2 Å². The van der Waals surface area contributed by atoms with E-state index < -0.39 is 12.0 Å². The fourth-order valence-electron chi connectivity index (χ4n) is 1.40. The van der Waals surface area contributed by atoms with Crippen LogP contribution >= 0.6 is 0 Å². The lowest BCUT2D eigenvalue weighted by atomic mass is 10.1. The molecule has 1 rings (SSSR count). The lowest BCUT2D eigenvalue weighted by molar-refractivity contribution is -0.139. The molecule has 0 aliphatic carbocycles. The molecule has 1 fully saturated rings. The van der Waals surface area contributed by atoms with E-state index in [0.717, 1.165) is 6.42 Å². The zero-order valence-corrected chi connectivity index (χ0v) is 6.29. The molecule has 0 aromatic heterocycles. The van der Waals surface area contributed by atoms with Crippen molar-refractivity contribution in [2.45, 2.75) is 31.3 Å². The van der Waals surface area contributed by atoms with Crippen LogP contribution in [0.25, 0.3) is 0 Å². The second-order valence-electron chi connectivity index (χ2n) is 2.84. The molecule has 0 bridgehead atoms. The van der Waals surface area contributed by atoms with Crippen LogP contribution in [0.3, 0.4) is 0 Å². The summed E-state index contributed by atoms with van der Waals surface area (Å²) in [5.74, 6) is -0.787. The van der Waals surface area contributed by atoms with Gasteiger partial charge in [0.05, 0.1) is 0 Å². The van der Waals surface area contributed by atoms with Crippen molar-refractivity contribution in [1.29, 1.82) is 0 Å². The van der Waals surface area contributed by atoms with Crippen LogP contribution in [0.4, 0.5) is 0 Å². The first-order valence-electron chi connectivity index (χ1n) is 3.83. The van der Waals surface area contributed by atoms with Crippen molar-refractivity contribution in [2.75, 3.05) is 6.61 Å². The molecule has 0 aromatic rings. The molecule has 1 aliphatic rings. The average molecular weight is 159 g/mol. The highest BCUT2D eigenvalue weighted by atomic mass is 16.4. The van der Waals surface area contributed by atoms with Gasteiger partial charge in [-0.05, 0) is 19.3 Å². The van der Waals surface area contributed by atoms with Gasteiger partial charge >= 0.3 is 5.97 Å². The number of carbonyl (C=O) groups is 1. The Balaban J connectivity index is 2.29. The van der Waals surface area contributed by atoms with Crippen molar-refractivity contribution >= 4 is 5.97 Å². The Morgan fingerprint density at radius 1 is 1.55 bits per heavy atom. The first kappa shape index (κ1) is 8.49. The molecule has 0 amide bonds. The zero-order valence-electron chi connectivity index (χ0n) is 6.29. The molecule has 0 saturated carbocycles. The van der Waals surface area contributed by atoms with Gasteiger partial charge < -0.3 is 15.5 Å². The number of aliphatic carboxylic acids is 1. The third kappa shape index (κ3) is 2.17. The summed E-state index contributed by atoms with van der Waals surface area (Å²) in [5.41, 5.74) is 0. The molecule has 11 heavy (non-hydrogen) atoms. The molecule has 0 radical (unpaired) electrons. The molecule has 4 nitrogen and oxygen atoms in total. The molecule has 1 aliphatic heterocycles. The summed E-state index contributed by atoms with van der Waals surface area (Å²) in [7, 11) is 0. The Hall–Kier alpha value is -0.610. The fraction of sp³-hybridized carbons (Fsp3) is 0.857. The van der Waals surface area contributed by atoms with Crippen molar-refractivity contribution in [3.05, 3.63) is 0 Å². The Morgan fingerprint density at radius 3 is 2.73 bits per heavy atom. The van der Waals surface area contributed by atoms with Crippen molar-refractivity contribution < 1.29 is 15.0 Å². The van der Waals surface area contributed by atoms with E-state index in [9.17, 15) is 4.79 Å². The van der Waals surface area contributed by atoms with Gasteiger partial charge in [-0.15, -0.1) is 0 Å². The number of aliphatic hydroxyl groups is 1. The minimum Gasteiger partial charge on any atom is -0.480 e. The number of hydrogen-bond acceptors (Lipinski definition) is 3. The summed E-state index contributed by atoms with van der Waals surface area (Å²) in [4.78, 5) is 10.4. The van der Waals surface area contributed by atoms with Crippen molar-refractivity contribution in [1.82, 2.24) is 5.32 Å². The van der Waals surface area contributed by atoms with E-state index in [1.807, 2.05) is 0 Å². The monoisotopic (exact) mass is 159 g/mol. The lowest BCUT2D eigenvalue weighted by Gasteiger charge is -2.08. The highest BCUT2D eigenvalue weighted by molar-refractivity contribution is 5.73. The largest absolute Gasteiger partial charge is 0.480 e. The summed E-state index contributed by atoms with van der Waals surface area (Å²) in [6.45, 7) is 0.129. The number of carboxylic acid groups (broad SMARTS) is 1. The van der Waals surface area contributed by atoms with Gasteiger partial charge in [0.15, 0.2) is 0 Å². The summed E-state index contributed by atoms with van der Waals surface area (Å²) >= 11 is 0. The lowest BCUT2D eigenvalue weighted by Crippen LogP contribution is -2.35. The summed E-state index contributed by atoms with van der Waals surface area (Å²) in [6.07, 6.45) is 2.20. The van der Waals surface area contributed by atoms with Crippen molar-refractivity contribution in [3.8, 4) is 0 Å². The number of rotatable bonds is 3. The zero-order chi connectivity index (χ0) is 8.27. The van der Waals surface area contributed by atoms with E-state index in [1.165, 1.54) is 0 Å². The minimum atomic E-state index is -0.787. The molecule has 0 aromatic carbocycles. The highest BCUT2D eigenvalue weighted by Crippen LogP contribution is 2.14. The number of aliphatic hydroxyl groups excluding tert-OH is 1. The molecular weight excluding hydrogens is 146 g/mol. The van der Waals surface area contributed by atoms with Crippen LogP contribution < -0.4 is 5.32 Å². The topological polar surface area (TPSA) is 69.6 Å². The first-order valence-corrected chi connectivity index (χ1v) is 3.83. The van der Waals surface area contributed by atoms with Crippen LogP contribution in [0.2, 0.25) is 0 Å². The molecule has 0 unspecified atom stereocenters. The summed E-state index contributed by atoms with van der Waals surface area (Å²) < 4.78 is 0. The second-order valence-corrected chi connectivity index (χ2v) is 2.84. The van der Waals surface area contributed by atoms with E-state index in [2.05, 4.69) is 5.32 Å². The van der Waals surface area contributed by atoms with Crippen LogP contribution in [0.1, 0.15) is 19.3 Å². The molecule has 3 N–H and O–H groups in total. The van der Waals surface area contributed by atoms with Gasteiger partial charge in [0.1, 0.15) is 6.04 Å². The van der Waals surface area contributed by atoms with Gasteiger partial charge in [0.2, 0.25) is 0 Å². The van der Waals surface area contributed by atoms with Gasteiger partial charge in [0, 0.05) is 12.6 Å². The first-order chi connectivity index (χ1) is 5.24. The van der Waals surface area contributed by atoms with Gasteiger partial charge in [-0.25, -0.2) is 0 Å². The Labute approximate surface area is 65.2 Å². The molecule has 1 heterocycles. The maximum absolute atomic E-state index is 10.4. The molecule has 2 atom stereocenters. The predicted molar refractivity (Wildman–Crippen MR) is 39.3 cm³/mol. The van der Waals surface area contributed by atoms with Gasteiger partial charge in [-0.2, -0.15) is 0 Å². The minimum absolute atomic E-state index is 0.129. The standard InChI is InChI=1S/C7H13NO3/c9-4-3-5-1-2-6(8-5)7(10)11/h5-6,8-9H,1-4H2,(H,10,11)/t5-,6-/m0/s1. The van der Waals surface area contributed by atoms with Crippen molar-refractivity contribution in [2.24, 2.45) is 0 Å². The maximum Gasteiger partial charge on any atom is 0.320 e. The van der Waals surface area contributed by atoms with Gasteiger partial charge in [-0.1, -0.05) is 0 Å². The number of nitrogens with one attached hydrogen (secondary N) is 1. The summed E-state index contributed by atoms with van der Waals surface area (Å²) in [5, 5.41) is 20.1. The van der Waals surface area contributed by atoms with Crippen LogP contribution in [0.5, 0.6) is 0 Å². The SMILES string of the molecule is O=C(O)[C@@H]1CC[C@@H](CCO)N1. The molecule has 64 valence electrons. The van der Waals surface area contributed by atoms with E-state index in [-0.39, 0.29) is 12.6 Å². The Bertz CT molecular complexity index is 149. The van der Waals surface area contributed by atoms with E-state index in [0.29, 0.717) is 12.8 Å². The molecule has 0 spiro atoms. The smallest absolute Gasteiger partial charge is 0.320 e.